The van der Waals surface area contributed by atoms with E-state index in [0.717, 1.165) is 22.4 Å². The standard InChI is InChI=1S/C22H25ClN2O2/c1-12(2)15-7-5-6-8-19(15)24-21(26)16-11-17(16)22(27)25-20-14(4)9-13(3)10-18(20)23/h5-10,12,16-17H,11H2,1-4H3,(H,24,26)(H,25,27). The number of halogens is 1. The summed E-state index contributed by atoms with van der Waals surface area (Å²) >= 11 is 6.26. The van der Waals surface area contributed by atoms with E-state index in [0.29, 0.717) is 23.0 Å². The van der Waals surface area contributed by atoms with Crippen molar-refractivity contribution in [2.24, 2.45) is 11.8 Å². The van der Waals surface area contributed by atoms with Gasteiger partial charge in [0.25, 0.3) is 0 Å². The summed E-state index contributed by atoms with van der Waals surface area (Å²) in [4.78, 5) is 25.1. The van der Waals surface area contributed by atoms with Crippen molar-refractivity contribution in [3.8, 4) is 0 Å². The number of carbonyl (C=O) groups excluding carboxylic acids is 2. The Balaban J connectivity index is 1.64. The number of benzene rings is 2. The molecule has 27 heavy (non-hydrogen) atoms. The van der Waals surface area contributed by atoms with Crippen LogP contribution in [0.5, 0.6) is 0 Å². The Morgan fingerprint density at radius 2 is 1.67 bits per heavy atom. The van der Waals surface area contributed by atoms with Gasteiger partial charge in [0.2, 0.25) is 11.8 Å². The molecule has 2 unspecified atom stereocenters. The highest BCUT2D eigenvalue weighted by atomic mass is 35.5. The maximum atomic E-state index is 12.6. The highest BCUT2D eigenvalue weighted by Crippen LogP contribution is 2.41. The molecule has 2 aromatic carbocycles. The maximum absolute atomic E-state index is 12.6. The predicted octanol–water partition coefficient (Wildman–Crippen LogP) is 5.29. The van der Waals surface area contributed by atoms with E-state index >= 15 is 0 Å². The number of hydrogen-bond donors (Lipinski definition) is 2. The van der Waals surface area contributed by atoms with Crippen molar-refractivity contribution < 1.29 is 9.59 Å². The molecule has 0 aliphatic heterocycles. The summed E-state index contributed by atoms with van der Waals surface area (Å²) in [6, 6.07) is 11.6. The zero-order valence-electron chi connectivity index (χ0n) is 16.1. The Bertz CT molecular complexity index is 869. The van der Waals surface area contributed by atoms with E-state index < -0.39 is 0 Å². The molecular weight excluding hydrogens is 360 g/mol. The van der Waals surface area contributed by atoms with Gasteiger partial charge in [-0.2, -0.15) is 0 Å². The van der Waals surface area contributed by atoms with Crippen LogP contribution in [0.4, 0.5) is 11.4 Å². The minimum absolute atomic E-state index is 0.102. The van der Waals surface area contributed by atoms with Crippen LogP contribution in [-0.2, 0) is 9.59 Å². The van der Waals surface area contributed by atoms with E-state index in [2.05, 4.69) is 24.5 Å². The van der Waals surface area contributed by atoms with Crippen molar-refractivity contribution in [2.75, 3.05) is 10.6 Å². The molecule has 5 heteroatoms. The Morgan fingerprint density at radius 1 is 1.04 bits per heavy atom. The first kappa shape index (κ1) is 19.4. The van der Waals surface area contributed by atoms with Gasteiger partial charge in [0.05, 0.1) is 22.5 Å². The van der Waals surface area contributed by atoms with Crippen LogP contribution >= 0.6 is 11.6 Å². The second-order valence-corrected chi connectivity index (χ2v) is 8.01. The van der Waals surface area contributed by atoms with Crippen LogP contribution in [0, 0.1) is 25.7 Å². The summed E-state index contributed by atoms with van der Waals surface area (Å²) in [5.41, 5.74) is 4.50. The topological polar surface area (TPSA) is 58.2 Å². The molecule has 0 spiro atoms. The number of amides is 2. The third kappa shape index (κ3) is 4.33. The van der Waals surface area contributed by atoms with E-state index in [1.807, 2.05) is 50.2 Å². The van der Waals surface area contributed by atoms with Crippen LogP contribution in [0.2, 0.25) is 5.02 Å². The minimum Gasteiger partial charge on any atom is -0.326 e. The molecule has 0 aromatic heterocycles. The molecule has 0 radical (unpaired) electrons. The average Bonchev–Trinajstić information content (AvgIpc) is 3.39. The number of rotatable bonds is 5. The summed E-state index contributed by atoms with van der Waals surface area (Å²) < 4.78 is 0. The van der Waals surface area contributed by atoms with Crippen molar-refractivity contribution in [3.63, 3.8) is 0 Å². The third-order valence-electron chi connectivity index (χ3n) is 4.98. The molecule has 2 aromatic rings. The van der Waals surface area contributed by atoms with E-state index in [9.17, 15) is 9.59 Å². The molecule has 1 fully saturated rings. The number of hydrogen-bond acceptors (Lipinski definition) is 2. The van der Waals surface area contributed by atoms with Crippen LogP contribution in [0.25, 0.3) is 0 Å². The molecule has 2 N–H and O–H groups in total. The lowest BCUT2D eigenvalue weighted by molar-refractivity contribution is -0.122. The fourth-order valence-electron chi connectivity index (χ4n) is 3.40. The molecule has 2 atom stereocenters. The van der Waals surface area contributed by atoms with Gasteiger partial charge in [0.1, 0.15) is 0 Å². The average molecular weight is 385 g/mol. The SMILES string of the molecule is Cc1cc(C)c(NC(=O)C2CC2C(=O)Nc2ccccc2C(C)C)c(Cl)c1. The quantitative estimate of drug-likeness (QED) is 0.735. The van der Waals surface area contributed by atoms with E-state index in [1.54, 1.807) is 0 Å². The number of para-hydroxylation sites is 1. The van der Waals surface area contributed by atoms with Crippen LogP contribution in [0.3, 0.4) is 0 Å². The zero-order chi connectivity index (χ0) is 19.7. The third-order valence-corrected chi connectivity index (χ3v) is 5.28. The summed E-state index contributed by atoms with van der Waals surface area (Å²) in [5, 5.41) is 6.40. The fourth-order valence-corrected chi connectivity index (χ4v) is 3.77. The molecular formula is C22H25ClN2O2. The zero-order valence-corrected chi connectivity index (χ0v) is 16.9. The maximum Gasteiger partial charge on any atom is 0.228 e. The molecule has 3 rings (SSSR count). The molecule has 0 heterocycles. The van der Waals surface area contributed by atoms with E-state index in [1.165, 1.54) is 0 Å². The lowest BCUT2D eigenvalue weighted by Gasteiger charge is -2.14. The van der Waals surface area contributed by atoms with Gasteiger partial charge in [-0.25, -0.2) is 0 Å². The molecule has 142 valence electrons. The Hall–Kier alpha value is -2.33. The molecule has 1 saturated carbocycles. The van der Waals surface area contributed by atoms with Gasteiger partial charge in [0.15, 0.2) is 0 Å². The van der Waals surface area contributed by atoms with Gasteiger partial charge in [0, 0.05) is 5.69 Å². The van der Waals surface area contributed by atoms with Crippen molar-refractivity contribution in [1.82, 2.24) is 0 Å². The van der Waals surface area contributed by atoms with Gasteiger partial charge in [-0.1, -0.05) is 49.7 Å². The number of carbonyl (C=O) groups is 2. The Labute approximate surface area is 165 Å². The van der Waals surface area contributed by atoms with Gasteiger partial charge in [-0.05, 0) is 55.0 Å². The van der Waals surface area contributed by atoms with Gasteiger partial charge in [-0.15, -0.1) is 0 Å². The number of nitrogens with one attached hydrogen (secondary N) is 2. The fraction of sp³-hybridized carbons (Fsp3) is 0.364. The normalized spacial score (nSPS) is 18.3. The lowest BCUT2D eigenvalue weighted by atomic mass is 10.0. The molecule has 1 aliphatic rings. The second-order valence-electron chi connectivity index (χ2n) is 7.61. The van der Waals surface area contributed by atoms with E-state index in [-0.39, 0.29) is 23.7 Å². The molecule has 4 nitrogen and oxygen atoms in total. The van der Waals surface area contributed by atoms with Crippen LogP contribution in [0.1, 0.15) is 42.9 Å². The molecule has 2 amide bonds. The summed E-state index contributed by atoms with van der Waals surface area (Å²) in [6.07, 6.45) is 0.560. The van der Waals surface area contributed by atoms with Crippen molar-refractivity contribution in [1.29, 1.82) is 0 Å². The van der Waals surface area contributed by atoms with Crippen molar-refractivity contribution in [2.45, 2.75) is 40.0 Å². The first-order valence-corrected chi connectivity index (χ1v) is 9.63. The predicted molar refractivity (Wildman–Crippen MR) is 110 cm³/mol. The minimum atomic E-state index is -0.312. The summed E-state index contributed by atoms with van der Waals surface area (Å²) in [7, 11) is 0. The lowest BCUT2D eigenvalue weighted by Crippen LogP contribution is -2.21. The van der Waals surface area contributed by atoms with Gasteiger partial charge in [-0.3, -0.25) is 9.59 Å². The highest BCUT2D eigenvalue weighted by molar-refractivity contribution is 6.34. The van der Waals surface area contributed by atoms with E-state index in [4.69, 9.17) is 11.6 Å². The first-order valence-electron chi connectivity index (χ1n) is 9.25. The Morgan fingerprint density at radius 3 is 2.30 bits per heavy atom. The van der Waals surface area contributed by atoms with Gasteiger partial charge >= 0.3 is 0 Å². The summed E-state index contributed by atoms with van der Waals surface area (Å²) in [5.74, 6) is -0.551. The van der Waals surface area contributed by atoms with Crippen LogP contribution in [-0.4, -0.2) is 11.8 Å². The molecule has 0 bridgehead atoms. The Kier molecular flexibility index (Phi) is 5.56. The number of anilines is 2. The first-order chi connectivity index (χ1) is 12.8. The molecule has 1 aliphatic carbocycles. The summed E-state index contributed by atoms with van der Waals surface area (Å²) in [6.45, 7) is 8.05. The van der Waals surface area contributed by atoms with Crippen LogP contribution in [0.15, 0.2) is 36.4 Å². The number of aryl methyl sites for hydroxylation is 2. The van der Waals surface area contributed by atoms with Crippen LogP contribution < -0.4 is 10.6 Å². The largest absolute Gasteiger partial charge is 0.326 e. The van der Waals surface area contributed by atoms with Gasteiger partial charge < -0.3 is 10.6 Å². The monoisotopic (exact) mass is 384 g/mol. The smallest absolute Gasteiger partial charge is 0.228 e. The van der Waals surface area contributed by atoms with Crippen molar-refractivity contribution >= 4 is 34.8 Å². The highest BCUT2D eigenvalue weighted by Gasteiger charge is 2.48. The second kappa shape index (κ2) is 7.73. The van der Waals surface area contributed by atoms with Crippen molar-refractivity contribution in [3.05, 3.63) is 58.1 Å². The molecule has 0 saturated heterocycles.